The van der Waals surface area contributed by atoms with Crippen molar-refractivity contribution in [1.82, 2.24) is 9.73 Å². The number of aryl methyl sites for hydroxylation is 1. The van der Waals surface area contributed by atoms with E-state index in [4.69, 9.17) is 11.6 Å². The van der Waals surface area contributed by atoms with Crippen LogP contribution >= 0.6 is 11.6 Å². The molecule has 1 fully saturated rings. The summed E-state index contributed by atoms with van der Waals surface area (Å²) in [6.45, 7) is 2.47. The number of nitrogens with one attached hydrogen (secondary N) is 1. The summed E-state index contributed by atoms with van der Waals surface area (Å²) in [6, 6.07) is 13.8. The van der Waals surface area contributed by atoms with Crippen LogP contribution in [0.5, 0.6) is 0 Å². The minimum atomic E-state index is -3.61. The maximum atomic E-state index is 12.8. The van der Waals surface area contributed by atoms with Crippen LogP contribution < -0.4 is 5.43 Å². The molecule has 8 heteroatoms. The summed E-state index contributed by atoms with van der Waals surface area (Å²) in [6.07, 6.45) is 2.78. The van der Waals surface area contributed by atoms with Crippen LogP contribution in [0.1, 0.15) is 24.0 Å². The second-order valence-electron chi connectivity index (χ2n) is 6.80. The summed E-state index contributed by atoms with van der Waals surface area (Å²) in [7, 11) is -3.61. The average Bonchev–Trinajstić information content (AvgIpc) is 2.70. The van der Waals surface area contributed by atoms with Crippen molar-refractivity contribution in [3.63, 3.8) is 0 Å². The van der Waals surface area contributed by atoms with Crippen LogP contribution in [0.2, 0.25) is 5.02 Å². The highest BCUT2D eigenvalue weighted by atomic mass is 35.5. The molecule has 0 aromatic heterocycles. The summed E-state index contributed by atoms with van der Waals surface area (Å²) >= 11 is 5.83. The fraction of sp³-hybridized carbons (Fsp3) is 0.300. The molecule has 0 saturated carbocycles. The number of carbonyl (C=O) groups excluding carboxylic acids is 1. The van der Waals surface area contributed by atoms with Crippen molar-refractivity contribution in [2.75, 3.05) is 13.1 Å². The highest BCUT2D eigenvalue weighted by molar-refractivity contribution is 7.89. The molecule has 1 aliphatic heterocycles. The molecule has 2 aromatic rings. The van der Waals surface area contributed by atoms with E-state index in [-0.39, 0.29) is 17.3 Å². The average molecular weight is 420 g/mol. The van der Waals surface area contributed by atoms with Crippen molar-refractivity contribution in [2.45, 2.75) is 24.7 Å². The van der Waals surface area contributed by atoms with Gasteiger partial charge in [-0.3, -0.25) is 4.79 Å². The van der Waals surface area contributed by atoms with E-state index in [9.17, 15) is 13.2 Å². The molecular formula is C20H22ClN3O3S. The van der Waals surface area contributed by atoms with Gasteiger partial charge >= 0.3 is 0 Å². The van der Waals surface area contributed by atoms with Gasteiger partial charge < -0.3 is 0 Å². The van der Waals surface area contributed by atoms with E-state index in [0.717, 1.165) is 11.1 Å². The van der Waals surface area contributed by atoms with Crippen LogP contribution in [0.4, 0.5) is 0 Å². The van der Waals surface area contributed by atoms with Gasteiger partial charge in [-0.25, -0.2) is 13.8 Å². The SMILES string of the molecule is Cc1ccc(S(=O)(=O)N2CCC[C@@H](C(=O)N/N=C\c3ccc(Cl)cc3)C2)cc1. The van der Waals surface area contributed by atoms with Crippen LogP contribution in [-0.2, 0) is 14.8 Å². The van der Waals surface area contributed by atoms with E-state index >= 15 is 0 Å². The molecule has 0 aliphatic carbocycles. The van der Waals surface area contributed by atoms with E-state index in [1.807, 2.05) is 6.92 Å². The first kappa shape index (κ1) is 20.5. The molecule has 2 aromatic carbocycles. The number of carbonyl (C=O) groups is 1. The quantitative estimate of drug-likeness (QED) is 0.597. The minimum Gasteiger partial charge on any atom is -0.273 e. The molecule has 0 bridgehead atoms. The largest absolute Gasteiger partial charge is 0.273 e. The predicted octanol–water partition coefficient (Wildman–Crippen LogP) is 3.20. The first-order chi connectivity index (χ1) is 13.4. The molecule has 1 heterocycles. The lowest BCUT2D eigenvalue weighted by Crippen LogP contribution is -2.44. The van der Waals surface area contributed by atoms with Crippen molar-refractivity contribution < 1.29 is 13.2 Å². The standard InChI is InChI=1S/C20H22ClN3O3S/c1-15-4-10-19(11-5-15)28(26,27)24-12-2-3-17(14-24)20(25)23-22-13-16-6-8-18(21)9-7-16/h4-11,13,17H,2-3,12,14H2,1H3,(H,23,25)/b22-13-/t17-/m1/s1. The lowest BCUT2D eigenvalue weighted by molar-refractivity contribution is -0.126. The topological polar surface area (TPSA) is 78.8 Å². The Morgan fingerprint density at radius 1 is 1.18 bits per heavy atom. The molecule has 1 saturated heterocycles. The molecule has 148 valence electrons. The Morgan fingerprint density at radius 2 is 1.86 bits per heavy atom. The third-order valence-electron chi connectivity index (χ3n) is 4.67. The molecule has 0 radical (unpaired) electrons. The number of sulfonamides is 1. The summed E-state index contributed by atoms with van der Waals surface area (Å²) in [5, 5.41) is 4.59. The van der Waals surface area contributed by atoms with Crippen molar-refractivity contribution in [3.05, 3.63) is 64.7 Å². The minimum absolute atomic E-state index is 0.151. The smallest absolute Gasteiger partial charge is 0.244 e. The molecule has 6 nitrogen and oxygen atoms in total. The van der Waals surface area contributed by atoms with E-state index in [1.54, 1.807) is 48.5 Å². The van der Waals surface area contributed by atoms with Crippen LogP contribution in [0.15, 0.2) is 58.5 Å². The van der Waals surface area contributed by atoms with Crippen LogP contribution in [0, 0.1) is 12.8 Å². The van der Waals surface area contributed by atoms with Gasteiger partial charge in [0.25, 0.3) is 0 Å². The second-order valence-corrected chi connectivity index (χ2v) is 9.18. The van der Waals surface area contributed by atoms with Gasteiger partial charge in [0.15, 0.2) is 0 Å². The number of piperidine rings is 1. The van der Waals surface area contributed by atoms with Crippen LogP contribution in [0.25, 0.3) is 0 Å². The monoisotopic (exact) mass is 419 g/mol. The number of hydrazone groups is 1. The maximum Gasteiger partial charge on any atom is 0.244 e. The zero-order valence-electron chi connectivity index (χ0n) is 15.5. The Kier molecular flexibility index (Phi) is 6.49. The molecule has 3 rings (SSSR count). The highest BCUT2D eigenvalue weighted by Gasteiger charge is 2.33. The number of benzene rings is 2. The number of halogens is 1. The van der Waals surface area contributed by atoms with Crippen molar-refractivity contribution in [3.8, 4) is 0 Å². The summed E-state index contributed by atoms with van der Waals surface area (Å²) in [4.78, 5) is 12.7. The molecule has 1 N–H and O–H groups in total. The first-order valence-corrected chi connectivity index (χ1v) is 10.8. The van der Waals surface area contributed by atoms with Gasteiger partial charge in [0.1, 0.15) is 0 Å². The van der Waals surface area contributed by atoms with E-state index < -0.39 is 15.9 Å². The second kappa shape index (κ2) is 8.86. The van der Waals surface area contributed by atoms with Gasteiger partial charge in [-0.05, 0) is 49.6 Å². The van der Waals surface area contributed by atoms with E-state index in [0.29, 0.717) is 24.4 Å². The van der Waals surface area contributed by atoms with Crippen LogP contribution in [-0.4, -0.2) is 37.9 Å². The van der Waals surface area contributed by atoms with Crippen LogP contribution in [0.3, 0.4) is 0 Å². The lowest BCUT2D eigenvalue weighted by atomic mass is 9.99. The van der Waals surface area contributed by atoms with E-state index in [2.05, 4.69) is 10.5 Å². The number of hydrogen-bond donors (Lipinski definition) is 1. The molecule has 1 amide bonds. The Morgan fingerprint density at radius 3 is 2.54 bits per heavy atom. The number of nitrogens with zero attached hydrogens (tertiary/aromatic N) is 2. The Labute approximate surface area is 170 Å². The Bertz CT molecular complexity index is 957. The summed E-state index contributed by atoms with van der Waals surface area (Å²) in [5.41, 5.74) is 4.31. The third-order valence-corrected chi connectivity index (χ3v) is 6.80. The zero-order chi connectivity index (χ0) is 20.1. The highest BCUT2D eigenvalue weighted by Crippen LogP contribution is 2.24. The van der Waals surface area contributed by atoms with Gasteiger partial charge in [-0.15, -0.1) is 0 Å². The third kappa shape index (κ3) is 4.98. The number of rotatable bonds is 5. The summed E-state index contributed by atoms with van der Waals surface area (Å²) < 4.78 is 27.1. The molecule has 0 unspecified atom stereocenters. The first-order valence-electron chi connectivity index (χ1n) is 9.01. The molecule has 0 spiro atoms. The van der Waals surface area contributed by atoms with Gasteiger partial charge in [0.05, 0.1) is 17.0 Å². The molecular weight excluding hydrogens is 398 g/mol. The fourth-order valence-electron chi connectivity index (χ4n) is 3.04. The normalized spacial score (nSPS) is 18.3. The van der Waals surface area contributed by atoms with Gasteiger partial charge in [0.2, 0.25) is 15.9 Å². The summed E-state index contributed by atoms with van der Waals surface area (Å²) in [5.74, 6) is -0.717. The molecule has 28 heavy (non-hydrogen) atoms. The van der Waals surface area contributed by atoms with Gasteiger partial charge in [-0.2, -0.15) is 9.41 Å². The lowest BCUT2D eigenvalue weighted by Gasteiger charge is -2.30. The molecule has 1 aliphatic rings. The molecule has 1 atom stereocenters. The maximum absolute atomic E-state index is 12.8. The van der Waals surface area contributed by atoms with Gasteiger partial charge in [0, 0.05) is 18.1 Å². The van der Waals surface area contributed by atoms with E-state index in [1.165, 1.54) is 10.5 Å². The predicted molar refractivity (Wildman–Crippen MR) is 110 cm³/mol. The number of hydrogen-bond acceptors (Lipinski definition) is 4. The fourth-order valence-corrected chi connectivity index (χ4v) is 4.69. The Balaban J connectivity index is 1.63. The van der Waals surface area contributed by atoms with Crippen molar-refractivity contribution in [1.29, 1.82) is 0 Å². The Hall–Kier alpha value is -2.22. The van der Waals surface area contributed by atoms with Crippen molar-refractivity contribution in [2.24, 2.45) is 11.0 Å². The van der Waals surface area contributed by atoms with Crippen molar-refractivity contribution >= 4 is 33.7 Å². The number of amides is 1. The zero-order valence-corrected chi connectivity index (χ0v) is 17.1. The van der Waals surface area contributed by atoms with Gasteiger partial charge in [-0.1, -0.05) is 41.4 Å².